The summed E-state index contributed by atoms with van der Waals surface area (Å²) in [6, 6.07) is 6.63. The van der Waals surface area contributed by atoms with Gasteiger partial charge in [-0.05, 0) is 48.6 Å². The van der Waals surface area contributed by atoms with E-state index in [4.69, 9.17) is 16.3 Å². The standard InChI is InChI=1S/C23H20ClF5N2O3/c1-3-12(13-4-6-15(25)19(24)21(13)34-2)10-22(33,23(27,28)29)11-30-17-8-7-16(26)20-14(17)5-9-18(32)31-20/h4-9,11-12,33H,3,10H2,1-2H3,(H,31,32)/t12-,22-/m1/s1. The molecule has 3 aromatic rings. The Bertz CT molecular complexity index is 1290. The van der Waals surface area contributed by atoms with Gasteiger partial charge in [0.2, 0.25) is 5.56 Å². The number of aliphatic imine (C=N–C) groups is 1. The van der Waals surface area contributed by atoms with Crippen molar-refractivity contribution in [1.29, 1.82) is 0 Å². The highest BCUT2D eigenvalue weighted by molar-refractivity contribution is 6.32. The van der Waals surface area contributed by atoms with Gasteiger partial charge in [0, 0.05) is 17.7 Å². The van der Waals surface area contributed by atoms with E-state index in [0.29, 0.717) is 6.21 Å². The van der Waals surface area contributed by atoms with Crippen LogP contribution in [0.15, 0.2) is 46.2 Å². The summed E-state index contributed by atoms with van der Waals surface area (Å²) in [5, 5.41) is 10.4. The number of aromatic nitrogens is 1. The summed E-state index contributed by atoms with van der Waals surface area (Å²) in [6.07, 6.45) is -5.54. The fourth-order valence-electron chi connectivity index (χ4n) is 3.66. The third-order valence-electron chi connectivity index (χ3n) is 5.50. The number of halogens is 6. The Balaban J connectivity index is 2.06. The highest BCUT2D eigenvalue weighted by atomic mass is 35.5. The minimum atomic E-state index is -5.13. The average Bonchev–Trinajstić information content (AvgIpc) is 2.78. The van der Waals surface area contributed by atoms with E-state index in [1.807, 2.05) is 0 Å². The predicted octanol–water partition coefficient (Wildman–Crippen LogP) is 6.05. The zero-order chi connectivity index (χ0) is 25.3. The molecule has 34 heavy (non-hydrogen) atoms. The molecule has 0 fully saturated rings. The molecular formula is C23H20ClF5N2O3. The number of pyridine rings is 1. The van der Waals surface area contributed by atoms with E-state index in [1.165, 1.54) is 19.2 Å². The number of H-pyrrole nitrogens is 1. The molecule has 11 heteroatoms. The SMILES string of the molecule is CC[C@H](C[C@@](O)(C=Nc1ccc(F)c2[nH]c(=O)ccc12)C(F)(F)F)c1ccc(F)c(Cl)c1OC. The summed E-state index contributed by atoms with van der Waals surface area (Å²) < 4.78 is 75.0. The van der Waals surface area contributed by atoms with Gasteiger partial charge >= 0.3 is 6.18 Å². The fourth-order valence-corrected chi connectivity index (χ4v) is 3.91. The Morgan fingerprint density at radius 2 is 1.82 bits per heavy atom. The maximum absolute atomic E-state index is 14.0. The van der Waals surface area contributed by atoms with E-state index in [2.05, 4.69) is 9.98 Å². The van der Waals surface area contributed by atoms with Gasteiger partial charge in [0.15, 0.2) is 5.60 Å². The van der Waals surface area contributed by atoms with Crippen LogP contribution >= 0.6 is 11.6 Å². The van der Waals surface area contributed by atoms with Gasteiger partial charge in [-0.3, -0.25) is 9.79 Å². The predicted molar refractivity (Wildman–Crippen MR) is 119 cm³/mol. The molecule has 3 rings (SSSR count). The molecule has 2 aromatic carbocycles. The third-order valence-corrected chi connectivity index (χ3v) is 5.86. The van der Waals surface area contributed by atoms with Crippen molar-refractivity contribution in [2.24, 2.45) is 4.99 Å². The Kier molecular flexibility index (Phi) is 7.32. The highest BCUT2D eigenvalue weighted by Crippen LogP contribution is 2.43. The van der Waals surface area contributed by atoms with E-state index < -0.39 is 41.3 Å². The van der Waals surface area contributed by atoms with Crippen molar-refractivity contribution in [3.05, 3.63) is 69.0 Å². The van der Waals surface area contributed by atoms with Crippen molar-refractivity contribution in [3.63, 3.8) is 0 Å². The molecule has 2 atom stereocenters. The van der Waals surface area contributed by atoms with Crippen LogP contribution in [0, 0.1) is 11.6 Å². The summed E-state index contributed by atoms with van der Waals surface area (Å²) in [5.41, 5.74) is -4.13. The summed E-state index contributed by atoms with van der Waals surface area (Å²) in [7, 11) is 1.21. The Morgan fingerprint density at radius 3 is 2.44 bits per heavy atom. The van der Waals surface area contributed by atoms with Gasteiger partial charge in [-0.15, -0.1) is 0 Å². The van der Waals surface area contributed by atoms with Crippen LogP contribution in [0.3, 0.4) is 0 Å². The van der Waals surface area contributed by atoms with Gasteiger partial charge < -0.3 is 14.8 Å². The van der Waals surface area contributed by atoms with Crippen LogP contribution in [-0.4, -0.2) is 35.2 Å². The summed E-state index contributed by atoms with van der Waals surface area (Å²) in [4.78, 5) is 17.6. The molecule has 0 unspecified atom stereocenters. The van der Waals surface area contributed by atoms with Crippen LogP contribution in [0.1, 0.15) is 31.2 Å². The van der Waals surface area contributed by atoms with E-state index in [9.17, 15) is 31.9 Å². The van der Waals surface area contributed by atoms with E-state index in [0.717, 1.165) is 24.3 Å². The van der Waals surface area contributed by atoms with Gasteiger partial charge in [0.25, 0.3) is 0 Å². The van der Waals surface area contributed by atoms with Crippen LogP contribution < -0.4 is 10.3 Å². The first-order chi connectivity index (χ1) is 15.9. The largest absolute Gasteiger partial charge is 0.495 e. The molecule has 0 bridgehead atoms. The van der Waals surface area contributed by atoms with Gasteiger partial charge in [-0.1, -0.05) is 24.6 Å². The molecule has 2 N–H and O–H groups in total. The lowest BCUT2D eigenvalue weighted by atomic mass is 9.84. The van der Waals surface area contributed by atoms with E-state index in [-0.39, 0.29) is 39.3 Å². The average molecular weight is 503 g/mol. The molecule has 0 saturated carbocycles. The molecular weight excluding hydrogens is 483 g/mol. The maximum atomic E-state index is 14.0. The van der Waals surface area contributed by atoms with E-state index >= 15 is 0 Å². The number of benzene rings is 2. The number of aliphatic hydroxyl groups is 1. The second kappa shape index (κ2) is 9.71. The first-order valence-electron chi connectivity index (χ1n) is 10.1. The Labute approximate surface area is 195 Å². The number of methoxy groups -OCH3 is 1. The van der Waals surface area contributed by atoms with Gasteiger partial charge in [0.1, 0.15) is 22.4 Å². The van der Waals surface area contributed by atoms with Crippen molar-refractivity contribution < 1.29 is 31.8 Å². The number of nitrogens with one attached hydrogen (secondary N) is 1. The molecule has 1 heterocycles. The smallest absolute Gasteiger partial charge is 0.422 e. The maximum Gasteiger partial charge on any atom is 0.422 e. The lowest BCUT2D eigenvalue weighted by molar-refractivity contribution is -0.232. The van der Waals surface area contributed by atoms with Crippen LogP contribution in [0.25, 0.3) is 10.9 Å². The summed E-state index contributed by atoms with van der Waals surface area (Å²) >= 11 is 5.91. The number of aromatic amines is 1. The molecule has 182 valence electrons. The van der Waals surface area contributed by atoms with Crippen LogP contribution in [0.2, 0.25) is 5.02 Å². The second-order valence-electron chi connectivity index (χ2n) is 7.65. The normalized spacial score (nSPS) is 15.0. The minimum Gasteiger partial charge on any atom is -0.495 e. The number of nitrogens with zero attached hydrogens (tertiary/aromatic N) is 1. The van der Waals surface area contributed by atoms with E-state index in [1.54, 1.807) is 6.92 Å². The lowest BCUT2D eigenvalue weighted by Gasteiger charge is -2.31. The topological polar surface area (TPSA) is 74.7 Å². The Hall–Kier alpha value is -2.98. The minimum absolute atomic E-state index is 0.0550. The monoisotopic (exact) mass is 502 g/mol. The molecule has 0 radical (unpaired) electrons. The number of hydrogen-bond acceptors (Lipinski definition) is 4. The zero-order valence-corrected chi connectivity index (χ0v) is 18.8. The van der Waals surface area contributed by atoms with Crippen molar-refractivity contribution >= 4 is 34.4 Å². The molecule has 0 aliphatic rings. The summed E-state index contributed by atoms with van der Waals surface area (Å²) in [6.45, 7) is 1.60. The number of fused-ring (bicyclic) bond motifs is 1. The van der Waals surface area contributed by atoms with Gasteiger partial charge in [0.05, 0.1) is 18.3 Å². The second-order valence-corrected chi connectivity index (χ2v) is 8.03. The molecule has 0 saturated heterocycles. The Morgan fingerprint density at radius 1 is 1.15 bits per heavy atom. The van der Waals surface area contributed by atoms with Gasteiger partial charge in [-0.2, -0.15) is 13.2 Å². The number of ether oxygens (including phenoxy) is 1. The first kappa shape index (κ1) is 25.6. The van der Waals surface area contributed by atoms with Gasteiger partial charge in [-0.25, -0.2) is 8.78 Å². The zero-order valence-electron chi connectivity index (χ0n) is 18.0. The van der Waals surface area contributed by atoms with Crippen LogP contribution in [0.5, 0.6) is 5.75 Å². The molecule has 0 spiro atoms. The number of rotatable bonds is 7. The molecule has 0 aliphatic heterocycles. The third kappa shape index (κ3) is 4.92. The van der Waals surface area contributed by atoms with Crippen molar-refractivity contribution in [3.8, 4) is 5.75 Å². The lowest BCUT2D eigenvalue weighted by Crippen LogP contribution is -2.47. The van der Waals surface area contributed by atoms with Crippen molar-refractivity contribution in [1.82, 2.24) is 4.98 Å². The molecule has 0 amide bonds. The fraction of sp³-hybridized carbons (Fsp3) is 0.304. The summed E-state index contributed by atoms with van der Waals surface area (Å²) in [5.74, 6) is -2.65. The first-order valence-corrected chi connectivity index (χ1v) is 10.5. The quantitative estimate of drug-likeness (QED) is 0.305. The highest BCUT2D eigenvalue weighted by Gasteiger charge is 2.53. The van der Waals surface area contributed by atoms with Crippen LogP contribution in [0.4, 0.5) is 27.6 Å². The van der Waals surface area contributed by atoms with Crippen molar-refractivity contribution in [2.75, 3.05) is 7.11 Å². The van der Waals surface area contributed by atoms with Crippen molar-refractivity contribution in [2.45, 2.75) is 37.5 Å². The molecule has 5 nitrogen and oxygen atoms in total. The van der Waals surface area contributed by atoms with Crippen LogP contribution in [-0.2, 0) is 0 Å². The molecule has 0 aliphatic carbocycles. The number of hydrogen-bond donors (Lipinski definition) is 2. The molecule has 1 aromatic heterocycles. The number of alkyl halides is 3.